The number of carbonyl (C=O) groups excluding carboxylic acids is 1. The second-order valence-electron chi connectivity index (χ2n) is 6.25. The average Bonchev–Trinajstić information content (AvgIpc) is 3.05. The minimum atomic E-state index is -0.774. The third kappa shape index (κ3) is 3.02. The number of nitrogens with zero attached hydrogens (tertiary/aromatic N) is 3. The molecule has 2 N–H and O–H groups in total. The van der Waals surface area contributed by atoms with Crippen LogP contribution in [0.25, 0.3) is 21.8 Å². The van der Waals surface area contributed by atoms with Gasteiger partial charge in [-0.1, -0.05) is 41.6 Å². The molecule has 0 fully saturated rings. The van der Waals surface area contributed by atoms with Crippen molar-refractivity contribution in [2.45, 2.75) is 6.10 Å². The first-order valence-corrected chi connectivity index (χ1v) is 8.36. The van der Waals surface area contributed by atoms with Crippen LogP contribution in [0.2, 0.25) is 0 Å². The fourth-order valence-electron chi connectivity index (χ4n) is 3.01. The third-order valence-electron chi connectivity index (χ3n) is 4.49. The Labute approximate surface area is 150 Å². The first kappa shape index (κ1) is 16.2. The molecule has 1 atom stereocenters. The Morgan fingerprint density at radius 1 is 1.12 bits per heavy atom. The molecule has 6 nitrogen and oxygen atoms in total. The lowest BCUT2D eigenvalue weighted by atomic mass is 10.0. The van der Waals surface area contributed by atoms with Crippen molar-refractivity contribution >= 4 is 27.7 Å². The third-order valence-corrected chi connectivity index (χ3v) is 4.49. The van der Waals surface area contributed by atoms with Crippen LogP contribution in [-0.4, -0.2) is 32.6 Å². The Balaban J connectivity index is 1.46. The van der Waals surface area contributed by atoms with Crippen molar-refractivity contribution in [1.29, 1.82) is 0 Å². The highest BCUT2D eigenvalue weighted by Crippen LogP contribution is 2.20. The van der Waals surface area contributed by atoms with Gasteiger partial charge in [0.25, 0.3) is 5.91 Å². The largest absolute Gasteiger partial charge is 0.387 e. The highest BCUT2D eigenvalue weighted by atomic mass is 16.3. The van der Waals surface area contributed by atoms with E-state index in [1.165, 1.54) is 0 Å². The molecule has 26 heavy (non-hydrogen) atoms. The SMILES string of the molecule is Cn1nnc2cc(C(=O)NCC(O)c3ccc4ccccc4c3)ccc21. The molecule has 4 rings (SSSR count). The summed E-state index contributed by atoms with van der Waals surface area (Å²) in [5, 5.41) is 23.3. The number of aliphatic hydroxyl groups is 1. The van der Waals surface area contributed by atoms with Crippen LogP contribution in [0.3, 0.4) is 0 Å². The van der Waals surface area contributed by atoms with Crippen LogP contribution in [0, 0.1) is 0 Å². The summed E-state index contributed by atoms with van der Waals surface area (Å²) in [6.07, 6.45) is -0.774. The molecule has 1 amide bonds. The molecule has 1 unspecified atom stereocenters. The van der Waals surface area contributed by atoms with Gasteiger partial charge in [0, 0.05) is 19.2 Å². The van der Waals surface area contributed by atoms with Crippen molar-refractivity contribution in [1.82, 2.24) is 20.3 Å². The first-order valence-electron chi connectivity index (χ1n) is 8.36. The quantitative estimate of drug-likeness (QED) is 0.595. The fourth-order valence-corrected chi connectivity index (χ4v) is 3.01. The number of hydrogen-bond acceptors (Lipinski definition) is 4. The van der Waals surface area contributed by atoms with E-state index >= 15 is 0 Å². The zero-order valence-electron chi connectivity index (χ0n) is 14.3. The minimum Gasteiger partial charge on any atom is -0.387 e. The van der Waals surface area contributed by atoms with E-state index in [0.717, 1.165) is 21.9 Å². The van der Waals surface area contributed by atoms with Crippen molar-refractivity contribution in [3.63, 3.8) is 0 Å². The van der Waals surface area contributed by atoms with E-state index < -0.39 is 6.10 Å². The van der Waals surface area contributed by atoms with Crippen LogP contribution in [0.4, 0.5) is 0 Å². The second-order valence-corrected chi connectivity index (χ2v) is 6.25. The molecule has 0 aliphatic carbocycles. The van der Waals surface area contributed by atoms with Gasteiger partial charge >= 0.3 is 0 Å². The van der Waals surface area contributed by atoms with Gasteiger partial charge in [0.2, 0.25) is 0 Å². The molecule has 6 heteroatoms. The number of aliphatic hydroxyl groups excluding tert-OH is 1. The molecule has 0 saturated carbocycles. The highest BCUT2D eigenvalue weighted by Gasteiger charge is 2.13. The van der Waals surface area contributed by atoms with E-state index in [2.05, 4.69) is 15.6 Å². The van der Waals surface area contributed by atoms with E-state index in [9.17, 15) is 9.90 Å². The van der Waals surface area contributed by atoms with Crippen molar-refractivity contribution in [2.75, 3.05) is 6.54 Å². The number of aromatic nitrogens is 3. The van der Waals surface area contributed by atoms with Crippen LogP contribution in [-0.2, 0) is 7.05 Å². The van der Waals surface area contributed by atoms with Gasteiger partial charge < -0.3 is 10.4 Å². The van der Waals surface area contributed by atoms with Crippen LogP contribution in [0.5, 0.6) is 0 Å². The van der Waals surface area contributed by atoms with E-state index in [1.807, 2.05) is 48.5 Å². The van der Waals surface area contributed by atoms with E-state index in [-0.39, 0.29) is 12.5 Å². The van der Waals surface area contributed by atoms with Crippen LogP contribution < -0.4 is 5.32 Å². The van der Waals surface area contributed by atoms with Crippen molar-refractivity contribution < 1.29 is 9.90 Å². The lowest BCUT2D eigenvalue weighted by Crippen LogP contribution is -2.28. The molecule has 0 radical (unpaired) electrons. The number of hydrogen-bond donors (Lipinski definition) is 2. The van der Waals surface area contributed by atoms with Gasteiger partial charge in [0.15, 0.2) is 0 Å². The molecule has 1 heterocycles. The van der Waals surface area contributed by atoms with Gasteiger partial charge in [-0.15, -0.1) is 5.10 Å². The van der Waals surface area contributed by atoms with Gasteiger partial charge in [0.05, 0.1) is 11.6 Å². The second kappa shape index (κ2) is 6.57. The topological polar surface area (TPSA) is 80.0 Å². The maximum absolute atomic E-state index is 12.4. The molecule has 0 aliphatic rings. The number of nitrogens with one attached hydrogen (secondary N) is 1. The fraction of sp³-hybridized carbons (Fsp3) is 0.150. The Bertz CT molecular complexity index is 1100. The van der Waals surface area contributed by atoms with Gasteiger partial charge in [-0.3, -0.25) is 4.79 Å². The van der Waals surface area contributed by atoms with Crippen LogP contribution in [0.1, 0.15) is 22.0 Å². The Morgan fingerprint density at radius 3 is 2.77 bits per heavy atom. The van der Waals surface area contributed by atoms with Crippen molar-refractivity contribution in [3.8, 4) is 0 Å². The summed E-state index contributed by atoms with van der Waals surface area (Å²) < 4.78 is 1.65. The standard InChI is InChI=1S/C20H18N4O2/c1-24-18-9-8-16(11-17(18)22-23-24)20(26)21-12-19(25)15-7-6-13-4-2-3-5-14(13)10-15/h2-11,19,25H,12H2,1H3,(H,21,26). The van der Waals surface area contributed by atoms with Gasteiger partial charge in [0.1, 0.15) is 5.52 Å². The maximum Gasteiger partial charge on any atom is 0.251 e. The summed E-state index contributed by atoms with van der Waals surface area (Å²) in [5.74, 6) is -0.252. The minimum absolute atomic E-state index is 0.135. The van der Waals surface area contributed by atoms with Gasteiger partial charge in [-0.2, -0.15) is 0 Å². The molecular weight excluding hydrogens is 328 g/mol. The van der Waals surface area contributed by atoms with Crippen LogP contribution >= 0.6 is 0 Å². The zero-order valence-corrected chi connectivity index (χ0v) is 14.3. The average molecular weight is 346 g/mol. The monoisotopic (exact) mass is 346 g/mol. The predicted octanol–water partition coefficient (Wildman–Crippen LogP) is 2.58. The summed E-state index contributed by atoms with van der Waals surface area (Å²) in [6, 6.07) is 19.0. The zero-order chi connectivity index (χ0) is 18.1. The van der Waals surface area contributed by atoms with Crippen molar-refractivity contribution in [3.05, 3.63) is 71.8 Å². The maximum atomic E-state index is 12.4. The summed E-state index contributed by atoms with van der Waals surface area (Å²) in [4.78, 5) is 12.4. The number of carbonyl (C=O) groups is 1. The number of rotatable bonds is 4. The summed E-state index contributed by atoms with van der Waals surface area (Å²) >= 11 is 0. The number of aryl methyl sites for hydroxylation is 1. The molecule has 4 aromatic rings. The molecular formula is C20H18N4O2. The molecule has 130 valence electrons. The molecule has 0 aliphatic heterocycles. The lowest BCUT2D eigenvalue weighted by molar-refractivity contribution is 0.0916. The first-order chi connectivity index (χ1) is 12.6. The number of amides is 1. The number of benzene rings is 3. The van der Waals surface area contributed by atoms with E-state index in [4.69, 9.17) is 0 Å². The Hall–Kier alpha value is -3.25. The van der Waals surface area contributed by atoms with Gasteiger partial charge in [-0.05, 0) is 40.6 Å². The lowest BCUT2D eigenvalue weighted by Gasteiger charge is -2.13. The van der Waals surface area contributed by atoms with E-state index in [0.29, 0.717) is 11.1 Å². The summed E-state index contributed by atoms with van der Waals surface area (Å²) in [7, 11) is 1.80. The smallest absolute Gasteiger partial charge is 0.251 e. The van der Waals surface area contributed by atoms with E-state index in [1.54, 1.807) is 23.9 Å². The number of fused-ring (bicyclic) bond motifs is 2. The summed E-state index contributed by atoms with van der Waals surface area (Å²) in [5.41, 5.74) is 2.78. The molecule has 3 aromatic carbocycles. The molecule has 0 spiro atoms. The normalized spacial score (nSPS) is 12.4. The predicted molar refractivity (Wildman–Crippen MR) is 99.8 cm³/mol. The summed E-state index contributed by atoms with van der Waals surface area (Å²) in [6.45, 7) is 0.135. The molecule has 1 aromatic heterocycles. The highest BCUT2D eigenvalue weighted by molar-refractivity contribution is 5.97. The molecule has 0 bridgehead atoms. The van der Waals surface area contributed by atoms with Crippen molar-refractivity contribution in [2.24, 2.45) is 7.05 Å². The molecule has 0 saturated heterocycles. The Morgan fingerprint density at radius 2 is 1.92 bits per heavy atom. The van der Waals surface area contributed by atoms with Crippen LogP contribution in [0.15, 0.2) is 60.7 Å². The van der Waals surface area contributed by atoms with Gasteiger partial charge in [-0.25, -0.2) is 4.68 Å². The Kier molecular flexibility index (Phi) is 4.10.